The summed E-state index contributed by atoms with van der Waals surface area (Å²) < 4.78 is 12.3. The van der Waals surface area contributed by atoms with Gasteiger partial charge in [-0.25, -0.2) is 0 Å². The van der Waals surface area contributed by atoms with E-state index in [1.54, 1.807) is 13.4 Å². The number of nitrogens with one attached hydrogen (secondary N) is 1. The summed E-state index contributed by atoms with van der Waals surface area (Å²) in [5.74, 6) is 0.912. The summed E-state index contributed by atoms with van der Waals surface area (Å²) >= 11 is 0. The first-order valence-electron chi connectivity index (χ1n) is 7.47. The number of carbonyl (C=O) groups is 1. The molecule has 1 aromatic rings. The highest BCUT2D eigenvalue weighted by Gasteiger charge is 2.24. The van der Waals surface area contributed by atoms with Gasteiger partial charge >= 0.3 is 0 Å². The van der Waals surface area contributed by atoms with Crippen LogP contribution in [0.3, 0.4) is 0 Å². The van der Waals surface area contributed by atoms with E-state index in [1.165, 1.54) is 0 Å². The lowest BCUT2D eigenvalue weighted by atomic mass is 9.99. The van der Waals surface area contributed by atoms with Crippen molar-refractivity contribution in [3.8, 4) is 0 Å². The van der Waals surface area contributed by atoms with Gasteiger partial charge in [-0.2, -0.15) is 0 Å². The van der Waals surface area contributed by atoms with E-state index in [1.807, 2.05) is 11.5 Å². The number of nitrogens with zero attached hydrogens (tertiary/aromatic N) is 3. The molecule has 0 radical (unpaired) electrons. The maximum atomic E-state index is 12.2. The number of aryl methyl sites for hydroxylation is 1. The average Bonchev–Trinajstić information content (AvgIpc) is 2.97. The number of methoxy groups -OCH3 is 1. The molecule has 1 aliphatic heterocycles. The number of ether oxygens (including phenoxy) is 2. The molecule has 1 unspecified atom stereocenters. The van der Waals surface area contributed by atoms with Crippen molar-refractivity contribution in [3.63, 3.8) is 0 Å². The van der Waals surface area contributed by atoms with Crippen LogP contribution in [0, 0.1) is 5.92 Å². The molecule has 0 aliphatic carbocycles. The van der Waals surface area contributed by atoms with E-state index >= 15 is 0 Å². The van der Waals surface area contributed by atoms with Crippen LogP contribution in [0.1, 0.15) is 38.1 Å². The Morgan fingerprint density at radius 1 is 1.57 bits per heavy atom. The summed E-state index contributed by atoms with van der Waals surface area (Å²) in [6.07, 6.45) is 4.17. The number of hydrogen-bond donors (Lipinski definition) is 1. The molecule has 1 aliphatic rings. The molecule has 0 saturated carbocycles. The van der Waals surface area contributed by atoms with E-state index in [0.717, 1.165) is 31.6 Å². The van der Waals surface area contributed by atoms with Crippen molar-refractivity contribution in [1.82, 2.24) is 20.1 Å². The topological polar surface area (TPSA) is 78.3 Å². The first kappa shape index (κ1) is 15.9. The molecular weight excluding hydrogens is 272 g/mol. The predicted molar refractivity (Wildman–Crippen MR) is 76.6 cm³/mol. The average molecular weight is 296 g/mol. The number of aromatic nitrogens is 3. The Labute approximate surface area is 125 Å². The van der Waals surface area contributed by atoms with Gasteiger partial charge in [-0.1, -0.05) is 0 Å². The Hall–Kier alpha value is -1.47. The van der Waals surface area contributed by atoms with Crippen LogP contribution in [0.25, 0.3) is 0 Å². The minimum atomic E-state index is -0.148. The quantitative estimate of drug-likeness (QED) is 0.757. The lowest BCUT2D eigenvalue weighted by Crippen LogP contribution is -2.36. The van der Waals surface area contributed by atoms with E-state index in [4.69, 9.17) is 9.47 Å². The van der Waals surface area contributed by atoms with Gasteiger partial charge in [-0.15, -0.1) is 10.2 Å². The zero-order chi connectivity index (χ0) is 15.1. The van der Waals surface area contributed by atoms with Gasteiger partial charge in [-0.05, 0) is 26.2 Å². The summed E-state index contributed by atoms with van der Waals surface area (Å²) in [6, 6.07) is -0.148. The summed E-state index contributed by atoms with van der Waals surface area (Å²) in [4.78, 5) is 12.2. The Morgan fingerprint density at radius 2 is 2.33 bits per heavy atom. The van der Waals surface area contributed by atoms with Gasteiger partial charge in [0, 0.05) is 39.4 Å². The molecule has 7 heteroatoms. The standard InChI is InChI=1S/C14H24N4O3/c1-11(16-14(19)12-4-8-21-9-5-12)13-17-15-10-18(13)6-3-7-20-2/h10-12H,3-9H2,1-2H3,(H,16,19). The van der Waals surface area contributed by atoms with Crippen LogP contribution in [-0.2, 0) is 20.8 Å². The molecule has 0 aromatic carbocycles. The molecule has 1 N–H and O–H groups in total. The smallest absolute Gasteiger partial charge is 0.223 e. The molecule has 1 fully saturated rings. The second-order valence-corrected chi connectivity index (χ2v) is 5.35. The Morgan fingerprint density at radius 3 is 3.05 bits per heavy atom. The third-order valence-corrected chi connectivity index (χ3v) is 3.73. The van der Waals surface area contributed by atoms with Crippen LogP contribution >= 0.6 is 0 Å². The van der Waals surface area contributed by atoms with Crippen molar-refractivity contribution in [1.29, 1.82) is 0 Å². The molecule has 0 bridgehead atoms. The largest absolute Gasteiger partial charge is 0.385 e. The third kappa shape index (κ3) is 4.50. The first-order chi connectivity index (χ1) is 10.2. The highest BCUT2D eigenvalue weighted by molar-refractivity contribution is 5.79. The summed E-state index contributed by atoms with van der Waals surface area (Å²) in [5.41, 5.74) is 0. The number of rotatable bonds is 7. The van der Waals surface area contributed by atoms with Crippen LogP contribution in [0.2, 0.25) is 0 Å². The molecule has 2 rings (SSSR count). The SMILES string of the molecule is COCCCn1cnnc1C(C)NC(=O)C1CCOCC1. The van der Waals surface area contributed by atoms with Crippen LogP contribution in [-0.4, -0.2) is 47.6 Å². The lowest BCUT2D eigenvalue weighted by molar-refractivity contribution is -0.128. The van der Waals surface area contributed by atoms with E-state index in [2.05, 4.69) is 15.5 Å². The second kappa shape index (κ2) is 8.09. The Balaban J connectivity index is 1.88. The fraction of sp³-hybridized carbons (Fsp3) is 0.786. The minimum Gasteiger partial charge on any atom is -0.385 e. The minimum absolute atomic E-state index is 0.0473. The first-order valence-corrected chi connectivity index (χ1v) is 7.47. The van der Waals surface area contributed by atoms with Crippen molar-refractivity contribution in [2.75, 3.05) is 26.9 Å². The molecule has 21 heavy (non-hydrogen) atoms. The molecule has 2 heterocycles. The van der Waals surface area contributed by atoms with Crippen molar-refractivity contribution < 1.29 is 14.3 Å². The molecule has 1 aromatic heterocycles. The summed E-state index contributed by atoms with van der Waals surface area (Å²) in [6.45, 7) is 4.75. The fourth-order valence-corrected chi connectivity index (χ4v) is 2.51. The zero-order valence-electron chi connectivity index (χ0n) is 12.7. The molecule has 7 nitrogen and oxygen atoms in total. The summed E-state index contributed by atoms with van der Waals surface area (Å²) in [5, 5.41) is 11.1. The van der Waals surface area contributed by atoms with E-state index in [0.29, 0.717) is 19.8 Å². The van der Waals surface area contributed by atoms with Gasteiger partial charge in [0.2, 0.25) is 5.91 Å². The van der Waals surface area contributed by atoms with Crippen molar-refractivity contribution in [3.05, 3.63) is 12.2 Å². The highest BCUT2D eigenvalue weighted by Crippen LogP contribution is 2.17. The monoisotopic (exact) mass is 296 g/mol. The van der Waals surface area contributed by atoms with E-state index in [-0.39, 0.29) is 17.9 Å². The number of carbonyl (C=O) groups excluding carboxylic acids is 1. The highest BCUT2D eigenvalue weighted by atomic mass is 16.5. The third-order valence-electron chi connectivity index (χ3n) is 3.73. The summed E-state index contributed by atoms with van der Waals surface area (Å²) in [7, 11) is 1.68. The van der Waals surface area contributed by atoms with Gasteiger partial charge in [0.05, 0.1) is 6.04 Å². The molecule has 1 atom stereocenters. The molecule has 0 spiro atoms. The molecule has 1 saturated heterocycles. The zero-order valence-corrected chi connectivity index (χ0v) is 12.7. The van der Waals surface area contributed by atoms with E-state index < -0.39 is 0 Å². The van der Waals surface area contributed by atoms with Gasteiger partial charge in [0.1, 0.15) is 6.33 Å². The predicted octanol–water partition coefficient (Wildman–Crippen LogP) is 0.918. The van der Waals surface area contributed by atoms with Crippen LogP contribution < -0.4 is 5.32 Å². The maximum Gasteiger partial charge on any atom is 0.223 e. The van der Waals surface area contributed by atoms with Gasteiger partial charge in [-0.3, -0.25) is 4.79 Å². The second-order valence-electron chi connectivity index (χ2n) is 5.35. The number of amides is 1. The van der Waals surface area contributed by atoms with Gasteiger partial charge in [0.15, 0.2) is 5.82 Å². The van der Waals surface area contributed by atoms with Crippen LogP contribution in [0.4, 0.5) is 0 Å². The van der Waals surface area contributed by atoms with Crippen molar-refractivity contribution in [2.24, 2.45) is 5.92 Å². The molecule has 118 valence electrons. The van der Waals surface area contributed by atoms with Crippen LogP contribution in [0.15, 0.2) is 6.33 Å². The molecule has 1 amide bonds. The van der Waals surface area contributed by atoms with E-state index in [9.17, 15) is 4.79 Å². The van der Waals surface area contributed by atoms with Crippen molar-refractivity contribution >= 4 is 5.91 Å². The van der Waals surface area contributed by atoms with Gasteiger partial charge in [0.25, 0.3) is 0 Å². The normalized spacial score (nSPS) is 17.6. The fourth-order valence-electron chi connectivity index (χ4n) is 2.51. The van der Waals surface area contributed by atoms with Crippen LogP contribution in [0.5, 0.6) is 0 Å². The Kier molecular flexibility index (Phi) is 6.13. The Bertz CT molecular complexity index is 443. The lowest BCUT2D eigenvalue weighted by Gasteiger charge is -2.23. The molecular formula is C14H24N4O3. The number of hydrogen-bond acceptors (Lipinski definition) is 5. The van der Waals surface area contributed by atoms with Crippen molar-refractivity contribution in [2.45, 2.75) is 38.8 Å². The van der Waals surface area contributed by atoms with Gasteiger partial charge < -0.3 is 19.4 Å². The maximum absolute atomic E-state index is 12.2.